The Bertz CT molecular complexity index is 1330. The summed E-state index contributed by atoms with van der Waals surface area (Å²) in [5.41, 5.74) is 7.20. The fourth-order valence-electron chi connectivity index (χ4n) is 4.50. The molecule has 0 radical (unpaired) electrons. The molecule has 0 spiro atoms. The third kappa shape index (κ3) is 3.27. The number of ether oxygens (including phenoxy) is 1. The lowest BCUT2D eigenvalue weighted by Gasteiger charge is -2.28. The second kappa shape index (κ2) is 7.73. The van der Waals surface area contributed by atoms with Crippen LogP contribution >= 0.6 is 11.6 Å². The summed E-state index contributed by atoms with van der Waals surface area (Å²) in [6, 6.07) is 7.25. The molecular formula is C22H22ClN7O2. The van der Waals surface area contributed by atoms with Crippen LogP contribution in [0.25, 0.3) is 10.9 Å². The summed E-state index contributed by atoms with van der Waals surface area (Å²) in [5, 5.41) is 10.6. The van der Waals surface area contributed by atoms with E-state index < -0.39 is 0 Å². The average Bonchev–Trinajstić information content (AvgIpc) is 3.50. The van der Waals surface area contributed by atoms with Crippen LogP contribution in [-0.2, 0) is 4.74 Å². The zero-order valence-corrected chi connectivity index (χ0v) is 18.5. The summed E-state index contributed by atoms with van der Waals surface area (Å²) in [6.45, 7) is 2.22. The first-order valence-corrected chi connectivity index (χ1v) is 10.8. The van der Waals surface area contributed by atoms with Crippen molar-refractivity contribution in [3.63, 3.8) is 0 Å². The number of nitrogens with two attached hydrogens (primary N) is 1. The maximum Gasteiger partial charge on any atom is 0.263 e. The van der Waals surface area contributed by atoms with E-state index in [-0.39, 0.29) is 29.7 Å². The summed E-state index contributed by atoms with van der Waals surface area (Å²) in [4.78, 5) is 28.9. The SMILES string of the molecule is CO[C@H]1C[C@@H](c2nc3cccc(Cl)c3c(=O)n2C2CC2)N(c2nc(N)nc(C)c2C#N)C1. The Hall–Kier alpha value is -3.22. The van der Waals surface area contributed by atoms with Crippen LogP contribution in [0.5, 0.6) is 0 Å². The summed E-state index contributed by atoms with van der Waals surface area (Å²) in [6.07, 6.45) is 2.29. The van der Waals surface area contributed by atoms with Gasteiger partial charge in [0.05, 0.1) is 33.8 Å². The molecule has 2 aromatic heterocycles. The van der Waals surface area contributed by atoms with Crippen LogP contribution in [0, 0.1) is 18.3 Å². The lowest BCUT2D eigenvalue weighted by molar-refractivity contribution is 0.118. The molecule has 1 aliphatic heterocycles. The van der Waals surface area contributed by atoms with Crippen molar-refractivity contribution in [1.82, 2.24) is 19.5 Å². The molecule has 0 amide bonds. The summed E-state index contributed by atoms with van der Waals surface area (Å²) in [5.74, 6) is 1.16. The molecule has 2 N–H and O–H groups in total. The van der Waals surface area contributed by atoms with Gasteiger partial charge in [0.25, 0.3) is 5.56 Å². The average molecular weight is 452 g/mol. The number of hydrogen-bond donors (Lipinski definition) is 1. The molecule has 2 atom stereocenters. The third-order valence-corrected chi connectivity index (χ3v) is 6.50. The van der Waals surface area contributed by atoms with E-state index >= 15 is 0 Å². The number of rotatable bonds is 4. The molecule has 1 saturated carbocycles. The van der Waals surface area contributed by atoms with Gasteiger partial charge in [-0.2, -0.15) is 10.2 Å². The van der Waals surface area contributed by atoms with Gasteiger partial charge < -0.3 is 15.4 Å². The van der Waals surface area contributed by atoms with Crippen LogP contribution in [0.4, 0.5) is 11.8 Å². The van der Waals surface area contributed by atoms with E-state index in [9.17, 15) is 10.1 Å². The van der Waals surface area contributed by atoms with Crippen molar-refractivity contribution < 1.29 is 4.74 Å². The number of fused-ring (bicyclic) bond motifs is 1. The minimum absolute atomic E-state index is 0.0850. The van der Waals surface area contributed by atoms with E-state index in [2.05, 4.69) is 16.0 Å². The van der Waals surface area contributed by atoms with Gasteiger partial charge >= 0.3 is 0 Å². The smallest absolute Gasteiger partial charge is 0.263 e. The van der Waals surface area contributed by atoms with E-state index in [1.165, 1.54) is 0 Å². The molecule has 5 rings (SSSR count). The number of nitrogen functional groups attached to an aromatic ring is 1. The lowest BCUT2D eigenvalue weighted by Crippen LogP contribution is -2.33. The molecule has 3 heterocycles. The Morgan fingerprint density at radius 1 is 1.28 bits per heavy atom. The van der Waals surface area contributed by atoms with Crippen molar-refractivity contribution in [1.29, 1.82) is 5.26 Å². The normalized spacial score (nSPS) is 20.6. The predicted molar refractivity (Wildman–Crippen MR) is 121 cm³/mol. The van der Waals surface area contributed by atoms with Crippen molar-refractivity contribution in [2.24, 2.45) is 0 Å². The fourth-order valence-corrected chi connectivity index (χ4v) is 4.76. The summed E-state index contributed by atoms with van der Waals surface area (Å²) in [7, 11) is 1.65. The molecule has 1 saturated heterocycles. The number of anilines is 2. The highest BCUT2D eigenvalue weighted by molar-refractivity contribution is 6.35. The van der Waals surface area contributed by atoms with Crippen LogP contribution in [0.2, 0.25) is 5.02 Å². The van der Waals surface area contributed by atoms with Gasteiger partial charge in [-0.1, -0.05) is 17.7 Å². The van der Waals surface area contributed by atoms with Gasteiger partial charge in [0.1, 0.15) is 17.5 Å². The number of aryl methyl sites for hydroxylation is 1. The molecule has 3 aromatic rings. The lowest BCUT2D eigenvalue weighted by atomic mass is 10.1. The number of nitrogens with zero attached hydrogens (tertiary/aromatic N) is 6. The number of methoxy groups -OCH3 is 1. The minimum atomic E-state index is -0.322. The zero-order chi connectivity index (χ0) is 22.6. The number of halogens is 1. The highest BCUT2D eigenvalue weighted by Gasteiger charge is 2.41. The maximum absolute atomic E-state index is 13.5. The second-order valence-corrected chi connectivity index (χ2v) is 8.66. The monoisotopic (exact) mass is 451 g/mol. The van der Waals surface area contributed by atoms with Crippen LogP contribution in [-0.4, -0.2) is 39.3 Å². The van der Waals surface area contributed by atoms with Gasteiger partial charge in [0.2, 0.25) is 5.95 Å². The molecule has 2 aliphatic rings. The van der Waals surface area contributed by atoms with Crippen molar-refractivity contribution in [2.45, 2.75) is 44.4 Å². The second-order valence-electron chi connectivity index (χ2n) is 8.25. The van der Waals surface area contributed by atoms with Crippen LogP contribution in [0.15, 0.2) is 23.0 Å². The number of aromatic nitrogens is 4. The predicted octanol–water partition coefficient (Wildman–Crippen LogP) is 2.90. The van der Waals surface area contributed by atoms with Gasteiger partial charge in [-0.05, 0) is 31.9 Å². The summed E-state index contributed by atoms with van der Waals surface area (Å²) < 4.78 is 7.44. The Morgan fingerprint density at radius 2 is 2.06 bits per heavy atom. The molecular weight excluding hydrogens is 430 g/mol. The summed E-state index contributed by atoms with van der Waals surface area (Å²) >= 11 is 6.37. The van der Waals surface area contributed by atoms with Crippen molar-refractivity contribution in [2.75, 3.05) is 24.3 Å². The first kappa shape index (κ1) is 20.7. The molecule has 2 fully saturated rings. The van der Waals surface area contributed by atoms with E-state index in [1.54, 1.807) is 36.8 Å². The van der Waals surface area contributed by atoms with E-state index in [4.69, 9.17) is 27.1 Å². The van der Waals surface area contributed by atoms with Gasteiger partial charge in [-0.3, -0.25) is 9.36 Å². The van der Waals surface area contributed by atoms with Gasteiger partial charge in [0.15, 0.2) is 5.82 Å². The van der Waals surface area contributed by atoms with Crippen LogP contribution in [0.1, 0.15) is 48.4 Å². The zero-order valence-electron chi connectivity index (χ0n) is 17.7. The first-order chi connectivity index (χ1) is 15.4. The first-order valence-electron chi connectivity index (χ1n) is 10.5. The van der Waals surface area contributed by atoms with E-state index in [0.717, 1.165) is 12.8 Å². The fraction of sp³-hybridized carbons (Fsp3) is 0.409. The van der Waals surface area contributed by atoms with Crippen molar-refractivity contribution in [3.05, 3.63) is 50.7 Å². The molecule has 10 heteroatoms. The molecule has 164 valence electrons. The maximum atomic E-state index is 13.5. The Morgan fingerprint density at radius 3 is 2.75 bits per heavy atom. The highest BCUT2D eigenvalue weighted by Crippen LogP contribution is 2.42. The highest BCUT2D eigenvalue weighted by atomic mass is 35.5. The van der Waals surface area contributed by atoms with Crippen LogP contribution < -0.4 is 16.2 Å². The Balaban J connectivity index is 1.74. The molecule has 9 nitrogen and oxygen atoms in total. The van der Waals surface area contributed by atoms with Crippen LogP contribution in [0.3, 0.4) is 0 Å². The quantitative estimate of drug-likeness (QED) is 0.642. The topological polar surface area (TPSA) is 123 Å². The van der Waals surface area contributed by atoms with E-state index in [0.29, 0.717) is 51.8 Å². The van der Waals surface area contributed by atoms with Gasteiger partial charge in [-0.25, -0.2) is 9.97 Å². The minimum Gasteiger partial charge on any atom is -0.380 e. The largest absolute Gasteiger partial charge is 0.380 e. The molecule has 0 bridgehead atoms. The van der Waals surface area contributed by atoms with E-state index in [1.807, 2.05) is 4.90 Å². The number of benzene rings is 1. The van der Waals surface area contributed by atoms with Crippen molar-refractivity contribution >= 4 is 34.3 Å². The number of nitriles is 1. The molecule has 1 aromatic carbocycles. The molecule has 0 unspecified atom stereocenters. The Kier molecular flexibility index (Phi) is 4.99. The molecule has 32 heavy (non-hydrogen) atoms. The third-order valence-electron chi connectivity index (χ3n) is 6.18. The molecule has 1 aliphatic carbocycles. The number of hydrogen-bond acceptors (Lipinski definition) is 8. The van der Waals surface area contributed by atoms with Gasteiger partial charge in [-0.15, -0.1) is 0 Å². The van der Waals surface area contributed by atoms with Crippen molar-refractivity contribution in [3.8, 4) is 6.07 Å². The Labute approximate surface area is 189 Å². The standard InChI is InChI=1S/C22H22ClN7O2/c1-11-14(9-24)19(28-22(25)26-11)29-10-13(32-2)8-17(29)20-27-16-5-3-4-15(23)18(16)21(31)30(20)12-6-7-12/h3-5,12-13,17H,6-8,10H2,1-2H3,(H2,25,26,28)/t13-,17-/m0/s1. The van der Waals surface area contributed by atoms with Gasteiger partial charge in [0, 0.05) is 26.1 Å².